The summed E-state index contributed by atoms with van der Waals surface area (Å²) in [6, 6.07) is 12.3. The highest BCUT2D eigenvalue weighted by Gasteiger charge is 2.11. The summed E-state index contributed by atoms with van der Waals surface area (Å²) in [6.07, 6.45) is 1.45. The lowest BCUT2D eigenvalue weighted by Gasteiger charge is -2.18. The van der Waals surface area contributed by atoms with Crippen LogP contribution in [0.15, 0.2) is 42.5 Å². The van der Waals surface area contributed by atoms with Crippen LogP contribution in [-0.4, -0.2) is 12.6 Å². The minimum absolute atomic E-state index is 0.166. The van der Waals surface area contributed by atoms with Gasteiger partial charge >= 0.3 is 0 Å². The van der Waals surface area contributed by atoms with Crippen LogP contribution in [0.4, 0.5) is 8.78 Å². The van der Waals surface area contributed by atoms with Crippen molar-refractivity contribution in [1.29, 1.82) is 0 Å². The van der Waals surface area contributed by atoms with Gasteiger partial charge in [0.1, 0.15) is 11.6 Å². The lowest BCUT2D eigenvalue weighted by atomic mass is 9.98. The van der Waals surface area contributed by atoms with Gasteiger partial charge in [0.15, 0.2) is 0 Å². The van der Waals surface area contributed by atoms with Crippen molar-refractivity contribution in [2.45, 2.75) is 32.7 Å². The van der Waals surface area contributed by atoms with Crippen molar-refractivity contribution in [2.24, 2.45) is 0 Å². The maximum absolute atomic E-state index is 13.3. The molecule has 0 fully saturated rings. The van der Waals surface area contributed by atoms with Crippen molar-refractivity contribution in [3.05, 3.63) is 70.8 Å². The fraction of sp³-hybridized carbons (Fsp3) is 0.333. The maximum atomic E-state index is 13.3. The Morgan fingerprint density at radius 1 is 0.905 bits per heavy atom. The van der Waals surface area contributed by atoms with Crippen LogP contribution >= 0.6 is 0 Å². The highest BCUT2D eigenvalue weighted by atomic mass is 19.1. The minimum Gasteiger partial charge on any atom is -0.314 e. The summed E-state index contributed by atoms with van der Waals surface area (Å²) < 4.78 is 26.6. The summed E-state index contributed by atoms with van der Waals surface area (Å²) >= 11 is 0. The first-order chi connectivity index (χ1) is 10.1. The normalized spacial score (nSPS) is 12.4. The molecular weight excluding hydrogens is 268 g/mol. The first kappa shape index (κ1) is 15.6. The monoisotopic (exact) mass is 289 g/mol. The van der Waals surface area contributed by atoms with E-state index >= 15 is 0 Å². The molecule has 1 atom stereocenters. The zero-order chi connectivity index (χ0) is 15.2. The number of halogens is 2. The van der Waals surface area contributed by atoms with E-state index in [0.717, 1.165) is 19.0 Å². The third kappa shape index (κ3) is 4.94. The molecule has 0 bridgehead atoms. The molecule has 0 aliphatic rings. The summed E-state index contributed by atoms with van der Waals surface area (Å²) in [4.78, 5) is 0. The van der Waals surface area contributed by atoms with E-state index in [2.05, 4.69) is 36.5 Å². The molecule has 0 aliphatic carbocycles. The molecule has 3 heteroatoms. The third-order valence-electron chi connectivity index (χ3n) is 3.50. The van der Waals surface area contributed by atoms with Crippen LogP contribution in [0.2, 0.25) is 0 Å². The highest BCUT2D eigenvalue weighted by Crippen LogP contribution is 2.13. The second-order valence-electron chi connectivity index (χ2n) is 5.43. The molecule has 112 valence electrons. The van der Waals surface area contributed by atoms with Crippen molar-refractivity contribution in [3.8, 4) is 0 Å². The first-order valence-corrected chi connectivity index (χ1v) is 7.30. The number of hydrogen-bond donors (Lipinski definition) is 1. The van der Waals surface area contributed by atoms with Crippen molar-refractivity contribution < 1.29 is 8.78 Å². The Hall–Kier alpha value is -1.74. The quantitative estimate of drug-likeness (QED) is 0.846. The molecule has 0 spiro atoms. The smallest absolute Gasteiger partial charge is 0.126 e. The standard InChI is InChI=1S/C18H21F2N/c1-3-21-18(10-14-6-4-13(2)5-7-14)11-15-8-16(19)12-17(20)9-15/h4-9,12,18,21H,3,10-11H2,1-2H3. The predicted molar refractivity (Wildman–Crippen MR) is 82.4 cm³/mol. The van der Waals surface area contributed by atoms with Gasteiger partial charge in [-0.15, -0.1) is 0 Å². The SMILES string of the molecule is CCNC(Cc1ccc(C)cc1)Cc1cc(F)cc(F)c1. The van der Waals surface area contributed by atoms with Gasteiger partial charge in [-0.25, -0.2) is 8.78 Å². The molecule has 0 heterocycles. The fourth-order valence-corrected chi connectivity index (χ4v) is 2.53. The molecule has 0 amide bonds. The van der Waals surface area contributed by atoms with E-state index < -0.39 is 11.6 Å². The summed E-state index contributed by atoms with van der Waals surface area (Å²) in [5, 5.41) is 3.39. The lowest BCUT2D eigenvalue weighted by molar-refractivity contribution is 0.515. The predicted octanol–water partition coefficient (Wildman–Crippen LogP) is 4.04. The molecule has 2 aromatic rings. The molecule has 1 unspecified atom stereocenters. The zero-order valence-electron chi connectivity index (χ0n) is 12.5. The minimum atomic E-state index is -0.518. The Balaban J connectivity index is 2.09. The van der Waals surface area contributed by atoms with Gasteiger partial charge in [-0.3, -0.25) is 0 Å². The van der Waals surface area contributed by atoms with Crippen LogP contribution in [-0.2, 0) is 12.8 Å². The Morgan fingerprint density at radius 3 is 2.05 bits per heavy atom. The summed E-state index contributed by atoms with van der Waals surface area (Å²) in [5.41, 5.74) is 3.14. The van der Waals surface area contributed by atoms with Gasteiger partial charge in [0.2, 0.25) is 0 Å². The zero-order valence-corrected chi connectivity index (χ0v) is 12.5. The summed E-state index contributed by atoms with van der Waals surface area (Å²) in [6.45, 7) is 4.92. The average molecular weight is 289 g/mol. The Labute approximate surface area is 125 Å². The number of nitrogens with one attached hydrogen (secondary N) is 1. The lowest BCUT2D eigenvalue weighted by Crippen LogP contribution is -2.33. The number of hydrogen-bond acceptors (Lipinski definition) is 1. The Kier molecular flexibility index (Phi) is 5.45. The molecule has 0 aromatic heterocycles. The van der Waals surface area contributed by atoms with Crippen LogP contribution in [0.25, 0.3) is 0 Å². The van der Waals surface area contributed by atoms with Gasteiger partial charge in [-0.05, 0) is 49.6 Å². The van der Waals surface area contributed by atoms with Gasteiger partial charge in [0.25, 0.3) is 0 Å². The molecule has 1 nitrogen and oxygen atoms in total. The molecular formula is C18H21F2N. The van der Waals surface area contributed by atoms with Gasteiger partial charge in [0.05, 0.1) is 0 Å². The number of likely N-dealkylation sites (N-methyl/N-ethyl adjacent to an activating group) is 1. The Morgan fingerprint density at radius 2 is 1.48 bits per heavy atom. The molecule has 1 N–H and O–H groups in total. The highest BCUT2D eigenvalue weighted by molar-refractivity contribution is 5.24. The van der Waals surface area contributed by atoms with Crippen LogP contribution in [0.3, 0.4) is 0 Å². The van der Waals surface area contributed by atoms with E-state index in [1.807, 2.05) is 6.92 Å². The Bertz CT molecular complexity index is 558. The van der Waals surface area contributed by atoms with Crippen molar-refractivity contribution in [3.63, 3.8) is 0 Å². The topological polar surface area (TPSA) is 12.0 Å². The summed E-state index contributed by atoms with van der Waals surface area (Å²) in [5.74, 6) is -1.04. The first-order valence-electron chi connectivity index (χ1n) is 7.30. The molecule has 0 saturated heterocycles. The van der Waals surface area contributed by atoms with Gasteiger partial charge < -0.3 is 5.32 Å². The van der Waals surface area contributed by atoms with E-state index in [1.54, 1.807) is 0 Å². The van der Waals surface area contributed by atoms with Gasteiger partial charge in [-0.1, -0.05) is 36.8 Å². The second kappa shape index (κ2) is 7.32. The summed E-state index contributed by atoms with van der Waals surface area (Å²) in [7, 11) is 0. The van der Waals surface area contributed by atoms with Crippen LogP contribution < -0.4 is 5.32 Å². The fourth-order valence-electron chi connectivity index (χ4n) is 2.53. The number of benzene rings is 2. The van der Waals surface area contributed by atoms with E-state index in [4.69, 9.17) is 0 Å². The van der Waals surface area contributed by atoms with Crippen LogP contribution in [0.1, 0.15) is 23.6 Å². The van der Waals surface area contributed by atoms with E-state index in [9.17, 15) is 8.78 Å². The van der Waals surface area contributed by atoms with E-state index in [1.165, 1.54) is 23.3 Å². The number of aryl methyl sites for hydroxylation is 1. The van der Waals surface area contributed by atoms with E-state index in [-0.39, 0.29) is 6.04 Å². The molecule has 0 saturated carbocycles. The van der Waals surface area contributed by atoms with Gasteiger partial charge in [0, 0.05) is 12.1 Å². The molecule has 21 heavy (non-hydrogen) atoms. The van der Waals surface area contributed by atoms with Crippen LogP contribution in [0.5, 0.6) is 0 Å². The average Bonchev–Trinajstić information content (AvgIpc) is 2.40. The maximum Gasteiger partial charge on any atom is 0.126 e. The molecule has 2 rings (SSSR count). The molecule has 2 aromatic carbocycles. The molecule has 0 radical (unpaired) electrons. The van der Waals surface area contributed by atoms with Crippen LogP contribution in [0, 0.1) is 18.6 Å². The van der Waals surface area contributed by atoms with Gasteiger partial charge in [-0.2, -0.15) is 0 Å². The van der Waals surface area contributed by atoms with Crippen molar-refractivity contribution in [2.75, 3.05) is 6.54 Å². The van der Waals surface area contributed by atoms with E-state index in [0.29, 0.717) is 12.0 Å². The van der Waals surface area contributed by atoms with Crippen molar-refractivity contribution in [1.82, 2.24) is 5.32 Å². The molecule has 0 aliphatic heterocycles. The second-order valence-corrected chi connectivity index (χ2v) is 5.43. The number of rotatable bonds is 6. The van der Waals surface area contributed by atoms with Crippen molar-refractivity contribution >= 4 is 0 Å². The third-order valence-corrected chi connectivity index (χ3v) is 3.50. The largest absolute Gasteiger partial charge is 0.314 e.